The molecule has 0 radical (unpaired) electrons. The van der Waals surface area contributed by atoms with Crippen LogP contribution in [0.2, 0.25) is 0 Å². The smallest absolute Gasteiger partial charge is 0.311 e. The van der Waals surface area contributed by atoms with Crippen LogP contribution in [0.15, 0.2) is 54.6 Å². The van der Waals surface area contributed by atoms with Crippen molar-refractivity contribution in [2.24, 2.45) is 5.92 Å². The molecule has 1 N–H and O–H groups in total. The Morgan fingerprint density at radius 1 is 1.07 bits per heavy atom. The molecular weight excluding hydrogens is 380 g/mol. The third-order valence-electron chi connectivity index (χ3n) is 5.27. The van der Waals surface area contributed by atoms with Crippen molar-refractivity contribution in [2.75, 3.05) is 24.6 Å². The summed E-state index contributed by atoms with van der Waals surface area (Å²) < 4.78 is 5.14. The lowest BCUT2D eigenvalue weighted by Crippen LogP contribution is -2.32. The minimum absolute atomic E-state index is 0.104. The lowest BCUT2D eigenvalue weighted by atomic mass is 10.1. The summed E-state index contributed by atoms with van der Waals surface area (Å²) in [5.74, 6) is -1.48. The molecule has 2 aromatic carbocycles. The van der Waals surface area contributed by atoms with Crippen molar-refractivity contribution >= 4 is 23.5 Å². The molecule has 0 aromatic heterocycles. The molecule has 0 aliphatic carbocycles. The second-order valence-electron chi connectivity index (χ2n) is 7.47. The normalized spacial score (nSPS) is 15.8. The lowest BCUT2D eigenvalue weighted by molar-refractivity contribution is -0.152. The monoisotopic (exact) mass is 408 g/mol. The van der Waals surface area contributed by atoms with Crippen LogP contribution in [0, 0.1) is 5.92 Å². The topological polar surface area (TPSA) is 75.7 Å². The largest absolute Gasteiger partial charge is 0.455 e. The van der Waals surface area contributed by atoms with Crippen LogP contribution in [0.1, 0.15) is 30.9 Å². The lowest BCUT2D eigenvalue weighted by Gasteiger charge is -2.17. The molecule has 3 rings (SSSR count). The number of anilines is 1. The van der Waals surface area contributed by atoms with Crippen molar-refractivity contribution in [3.05, 3.63) is 65.7 Å². The van der Waals surface area contributed by atoms with Gasteiger partial charge in [-0.05, 0) is 42.5 Å². The highest BCUT2D eigenvalue weighted by atomic mass is 16.5. The molecule has 1 aliphatic heterocycles. The summed E-state index contributed by atoms with van der Waals surface area (Å²) in [7, 11) is 0. The molecular formula is C24H28N2O4. The molecule has 1 saturated heterocycles. The van der Waals surface area contributed by atoms with E-state index in [1.807, 2.05) is 54.6 Å². The number of hydrogen-bond donors (Lipinski definition) is 1. The summed E-state index contributed by atoms with van der Waals surface area (Å²) in [6.45, 7) is 2.55. The highest BCUT2D eigenvalue weighted by Gasteiger charge is 2.36. The number of nitrogens with zero attached hydrogens (tertiary/aromatic N) is 1. The third kappa shape index (κ3) is 5.92. The molecule has 0 bridgehead atoms. The first-order valence-electron chi connectivity index (χ1n) is 10.4. The molecule has 1 heterocycles. The van der Waals surface area contributed by atoms with Gasteiger partial charge in [-0.1, -0.05) is 49.4 Å². The maximum Gasteiger partial charge on any atom is 0.311 e. The van der Waals surface area contributed by atoms with Crippen LogP contribution in [0.4, 0.5) is 5.69 Å². The SMILES string of the molecule is CCc1ccc(N2CC(C(=O)OCC(=O)NCCCc3ccccc3)CC2=O)cc1. The standard InChI is InChI=1S/C24H28N2O4/c1-2-18-10-12-21(13-11-18)26-16-20(15-23(26)28)24(29)30-17-22(27)25-14-6-9-19-7-4-3-5-8-19/h3-5,7-8,10-13,20H,2,6,9,14-17H2,1H3,(H,25,27). The van der Waals surface area contributed by atoms with Crippen molar-refractivity contribution in [2.45, 2.75) is 32.6 Å². The Balaban J connectivity index is 1.38. The molecule has 1 aliphatic rings. The molecule has 1 fully saturated rings. The number of carbonyl (C=O) groups is 3. The van der Waals surface area contributed by atoms with Gasteiger partial charge in [-0.25, -0.2) is 0 Å². The van der Waals surface area contributed by atoms with Crippen LogP contribution in [0.3, 0.4) is 0 Å². The zero-order chi connectivity index (χ0) is 21.3. The van der Waals surface area contributed by atoms with Gasteiger partial charge in [0.05, 0.1) is 5.92 Å². The van der Waals surface area contributed by atoms with Gasteiger partial charge in [0.1, 0.15) is 0 Å². The van der Waals surface area contributed by atoms with E-state index < -0.39 is 11.9 Å². The fourth-order valence-corrected chi connectivity index (χ4v) is 3.50. The summed E-state index contributed by atoms with van der Waals surface area (Å²) in [5.41, 5.74) is 3.19. The zero-order valence-electron chi connectivity index (χ0n) is 17.3. The number of esters is 1. The first-order chi connectivity index (χ1) is 14.6. The van der Waals surface area contributed by atoms with Gasteiger partial charge in [0.25, 0.3) is 5.91 Å². The molecule has 2 aromatic rings. The highest BCUT2D eigenvalue weighted by molar-refractivity contribution is 5.99. The first-order valence-corrected chi connectivity index (χ1v) is 10.4. The quantitative estimate of drug-likeness (QED) is 0.511. The Kier molecular flexibility index (Phi) is 7.60. The molecule has 158 valence electrons. The second-order valence-corrected chi connectivity index (χ2v) is 7.47. The number of nitrogens with one attached hydrogen (secondary N) is 1. The number of rotatable bonds is 9. The van der Waals surface area contributed by atoms with E-state index in [-0.39, 0.29) is 31.4 Å². The van der Waals surface area contributed by atoms with Gasteiger partial charge in [0.2, 0.25) is 5.91 Å². The van der Waals surface area contributed by atoms with Gasteiger partial charge in [0.15, 0.2) is 6.61 Å². The van der Waals surface area contributed by atoms with Crippen LogP contribution in [-0.2, 0) is 32.0 Å². The molecule has 0 spiro atoms. The second kappa shape index (κ2) is 10.6. The van der Waals surface area contributed by atoms with Crippen molar-refractivity contribution in [3.63, 3.8) is 0 Å². The average molecular weight is 408 g/mol. The van der Waals surface area contributed by atoms with Crippen molar-refractivity contribution in [1.82, 2.24) is 5.32 Å². The molecule has 6 nitrogen and oxygen atoms in total. The predicted molar refractivity (Wildman–Crippen MR) is 115 cm³/mol. The van der Waals surface area contributed by atoms with Crippen molar-refractivity contribution in [1.29, 1.82) is 0 Å². The summed E-state index contributed by atoms with van der Waals surface area (Å²) >= 11 is 0. The van der Waals surface area contributed by atoms with E-state index in [0.29, 0.717) is 6.54 Å². The van der Waals surface area contributed by atoms with Crippen molar-refractivity contribution < 1.29 is 19.1 Å². The van der Waals surface area contributed by atoms with Crippen molar-refractivity contribution in [3.8, 4) is 0 Å². The van der Waals surface area contributed by atoms with E-state index in [4.69, 9.17) is 4.74 Å². The maximum absolute atomic E-state index is 12.3. The van der Waals surface area contributed by atoms with E-state index in [1.54, 1.807) is 4.90 Å². The predicted octanol–water partition coefficient (Wildman–Crippen LogP) is 2.89. The van der Waals surface area contributed by atoms with E-state index in [2.05, 4.69) is 12.2 Å². The highest BCUT2D eigenvalue weighted by Crippen LogP contribution is 2.26. The van der Waals surface area contributed by atoms with Gasteiger partial charge < -0.3 is 15.0 Å². The fraction of sp³-hybridized carbons (Fsp3) is 0.375. The van der Waals surface area contributed by atoms with E-state index in [1.165, 1.54) is 11.1 Å². The number of carbonyl (C=O) groups excluding carboxylic acids is 3. The van der Waals surface area contributed by atoms with Crippen LogP contribution in [0.25, 0.3) is 0 Å². The van der Waals surface area contributed by atoms with Gasteiger partial charge in [0, 0.05) is 25.2 Å². The molecule has 6 heteroatoms. The number of benzene rings is 2. The van der Waals surface area contributed by atoms with E-state index in [9.17, 15) is 14.4 Å². The molecule has 1 unspecified atom stereocenters. The average Bonchev–Trinajstić information content (AvgIpc) is 3.17. The first kappa shape index (κ1) is 21.6. The summed E-state index contributed by atoms with van der Waals surface area (Å²) in [6.07, 6.45) is 2.72. The number of ether oxygens (including phenoxy) is 1. The van der Waals surface area contributed by atoms with Gasteiger partial charge in [-0.15, -0.1) is 0 Å². The van der Waals surface area contributed by atoms with Gasteiger partial charge in [-0.2, -0.15) is 0 Å². The minimum atomic E-state index is -0.547. The summed E-state index contributed by atoms with van der Waals surface area (Å²) in [6, 6.07) is 17.8. The molecule has 1 atom stereocenters. The Bertz CT molecular complexity index is 865. The summed E-state index contributed by atoms with van der Waals surface area (Å²) in [5, 5.41) is 2.76. The minimum Gasteiger partial charge on any atom is -0.455 e. The Labute approximate surface area is 177 Å². The van der Waals surface area contributed by atoms with Crippen LogP contribution >= 0.6 is 0 Å². The Morgan fingerprint density at radius 3 is 2.50 bits per heavy atom. The van der Waals surface area contributed by atoms with Crippen LogP contribution in [-0.4, -0.2) is 37.5 Å². The third-order valence-corrected chi connectivity index (χ3v) is 5.27. The Morgan fingerprint density at radius 2 is 1.80 bits per heavy atom. The van der Waals surface area contributed by atoms with Gasteiger partial charge >= 0.3 is 5.97 Å². The summed E-state index contributed by atoms with van der Waals surface area (Å²) in [4.78, 5) is 38.1. The zero-order valence-corrected chi connectivity index (χ0v) is 17.3. The van der Waals surface area contributed by atoms with E-state index >= 15 is 0 Å². The molecule has 2 amide bonds. The van der Waals surface area contributed by atoms with Crippen LogP contribution in [0.5, 0.6) is 0 Å². The fourth-order valence-electron chi connectivity index (χ4n) is 3.50. The number of amides is 2. The van der Waals surface area contributed by atoms with Crippen LogP contribution < -0.4 is 10.2 Å². The Hall–Kier alpha value is -3.15. The number of aryl methyl sites for hydroxylation is 2. The molecule has 0 saturated carbocycles. The van der Waals surface area contributed by atoms with E-state index in [0.717, 1.165) is 24.9 Å². The molecule has 30 heavy (non-hydrogen) atoms. The maximum atomic E-state index is 12.3. The van der Waals surface area contributed by atoms with Gasteiger partial charge in [-0.3, -0.25) is 14.4 Å². The number of hydrogen-bond acceptors (Lipinski definition) is 4.